The van der Waals surface area contributed by atoms with Crippen LogP contribution in [0.2, 0.25) is 0 Å². The molecule has 0 atom stereocenters. The van der Waals surface area contributed by atoms with Crippen molar-refractivity contribution in [2.75, 3.05) is 26.2 Å². The van der Waals surface area contributed by atoms with Crippen LogP contribution in [0.25, 0.3) is 0 Å². The summed E-state index contributed by atoms with van der Waals surface area (Å²) in [5.74, 6) is 0.0200. The van der Waals surface area contributed by atoms with Crippen molar-refractivity contribution < 1.29 is 9.53 Å². The number of piperidine rings is 1. The first-order chi connectivity index (χ1) is 7.13. The van der Waals surface area contributed by atoms with E-state index in [0.717, 1.165) is 32.5 Å². The highest BCUT2D eigenvalue weighted by Gasteiger charge is 2.25. The number of hydrogen-bond acceptors (Lipinski definition) is 3. The number of rotatable bonds is 4. The fraction of sp³-hybridized carbons (Fsp3) is 0.727. The summed E-state index contributed by atoms with van der Waals surface area (Å²) in [6.07, 6.45) is 1.73. The van der Waals surface area contributed by atoms with Crippen molar-refractivity contribution in [1.82, 2.24) is 4.90 Å². The van der Waals surface area contributed by atoms with Gasteiger partial charge >= 0.3 is 5.97 Å². The lowest BCUT2D eigenvalue weighted by Crippen LogP contribution is -2.37. The maximum Gasteiger partial charge on any atom is 0.309 e. The van der Waals surface area contributed by atoms with Gasteiger partial charge < -0.3 is 4.74 Å². The number of nitrogens with zero attached hydrogens (tertiary/aromatic N) is 1. The van der Waals surface area contributed by atoms with E-state index in [-0.39, 0.29) is 11.9 Å². The van der Waals surface area contributed by atoms with Gasteiger partial charge in [0.2, 0.25) is 0 Å². The Labute approximate surface area is 96.0 Å². The predicted octanol–water partition coefficient (Wildman–Crippen LogP) is 2.01. The topological polar surface area (TPSA) is 29.5 Å². The first kappa shape index (κ1) is 12.5. The van der Waals surface area contributed by atoms with E-state index in [9.17, 15) is 4.79 Å². The van der Waals surface area contributed by atoms with E-state index in [2.05, 4.69) is 11.5 Å². The van der Waals surface area contributed by atoms with Gasteiger partial charge in [0.15, 0.2) is 0 Å². The maximum absolute atomic E-state index is 11.4. The third-order valence-corrected chi connectivity index (χ3v) is 2.72. The van der Waals surface area contributed by atoms with Crippen LogP contribution in [-0.2, 0) is 9.53 Å². The molecule has 15 heavy (non-hydrogen) atoms. The molecule has 0 N–H and O–H groups in total. The monoisotopic (exact) mass is 231 g/mol. The standard InChI is InChI=1S/C11H18ClNO2/c1-3-15-11(14)10-4-6-13(7-5-10)8-9(2)12/h10H,2-8H2,1H3. The summed E-state index contributed by atoms with van der Waals surface area (Å²) >= 11 is 5.73. The maximum atomic E-state index is 11.4. The number of carbonyl (C=O) groups excluding carboxylic acids is 1. The van der Waals surface area contributed by atoms with Crippen LogP contribution in [0.3, 0.4) is 0 Å². The third kappa shape index (κ3) is 4.22. The van der Waals surface area contributed by atoms with Crippen molar-refractivity contribution in [2.45, 2.75) is 19.8 Å². The average molecular weight is 232 g/mol. The van der Waals surface area contributed by atoms with Crippen LogP contribution in [-0.4, -0.2) is 37.1 Å². The quantitative estimate of drug-likeness (QED) is 0.694. The highest BCUT2D eigenvalue weighted by Crippen LogP contribution is 2.19. The molecule has 1 rings (SSSR count). The zero-order valence-corrected chi connectivity index (χ0v) is 9.92. The van der Waals surface area contributed by atoms with Crippen LogP contribution < -0.4 is 0 Å². The number of ether oxygens (including phenoxy) is 1. The van der Waals surface area contributed by atoms with Gasteiger partial charge in [0.05, 0.1) is 12.5 Å². The Bertz CT molecular complexity index is 235. The van der Waals surface area contributed by atoms with Gasteiger partial charge in [-0.25, -0.2) is 0 Å². The number of likely N-dealkylation sites (tertiary alicyclic amines) is 1. The minimum absolute atomic E-state index is 0.0538. The average Bonchev–Trinajstić information content (AvgIpc) is 2.18. The van der Waals surface area contributed by atoms with Crippen molar-refractivity contribution in [2.24, 2.45) is 5.92 Å². The summed E-state index contributed by atoms with van der Waals surface area (Å²) in [5.41, 5.74) is 0. The molecule has 3 nitrogen and oxygen atoms in total. The van der Waals surface area contributed by atoms with Crippen molar-refractivity contribution >= 4 is 17.6 Å². The predicted molar refractivity (Wildman–Crippen MR) is 60.8 cm³/mol. The van der Waals surface area contributed by atoms with Crippen molar-refractivity contribution in [3.8, 4) is 0 Å². The Morgan fingerprint density at radius 2 is 2.13 bits per heavy atom. The molecule has 0 saturated carbocycles. The Morgan fingerprint density at radius 1 is 1.53 bits per heavy atom. The van der Waals surface area contributed by atoms with Gasteiger partial charge in [-0.2, -0.15) is 0 Å². The van der Waals surface area contributed by atoms with Crippen LogP contribution in [0.15, 0.2) is 11.6 Å². The number of hydrogen-bond donors (Lipinski definition) is 0. The van der Waals surface area contributed by atoms with Gasteiger partial charge in [-0.3, -0.25) is 9.69 Å². The molecule has 1 aliphatic rings. The van der Waals surface area contributed by atoms with Crippen LogP contribution in [0, 0.1) is 5.92 Å². The van der Waals surface area contributed by atoms with Crippen molar-refractivity contribution in [1.29, 1.82) is 0 Å². The van der Waals surface area contributed by atoms with E-state index in [1.807, 2.05) is 6.92 Å². The van der Waals surface area contributed by atoms with Gasteiger partial charge in [0, 0.05) is 11.6 Å². The van der Waals surface area contributed by atoms with Crippen molar-refractivity contribution in [3.05, 3.63) is 11.6 Å². The van der Waals surface area contributed by atoms with Gasteiger partial charge in [-0.05, 0) is 32.9 Å². The van der Waals surface area contributed by atoms with Crippen LogP contribution in [0.5, 0.6) is 0 Å². The van der Waals surface area contributed by atoms with Gasteiger partial charge in [0.1, 0.15) is 0 Å². The van der Waals surface area contributed by atoms with Gasteiger partial charge in [0.25, 0.3) is 0 Å². The molecule has 0 amide bonds. The molecule has 0 bridgehead atoms. The number of esters is 1. The molecule has 0 spiro atoms. The molecule has 0 radical (unpaired) electrons. The molecule has 0 unspecified atom stereocenters. The molecule has 0 aromatic carbocycles. The lowest BCUT2D eigenvalue weighted by molar-refractivity contribution is -0.149. The molecule has 0 aromatic rings. The third-order valence-electron chi connectivity index (χ3n) is 2.60. The van der Waals surface area contributed by atoms with Crippen LogP contribution >= 0.6 is 11.6 Å². The Balaban J connectivity index is 2.29. The van der Waals surface area contributed by atoms with Gasteiger partial charge in [-0.15, -0.1) is 0 Å². The van der Waals surface area contributed by atoms with E-state index >= 15 is 0 Å². The molecule has 1 fully saturated rings. The second-order valence-corrected chi connectivity index (χ2v) is 4.35. The molecule has 1 saturated heterocycles. The summed E-state index contributed by atoms with van der Waals surface area (Å²) in [6.45, 7) is 8.49. The number of halogens is 1. The highest BCUT2D eigenvalue weighted by atomic mass is 35.5. The van der Waals surface area contributed by atoms with E-state index in [4.69, 9.17) is 16.3 Å². The molecule has 1 aliphatic heterocycles. The molecule has 0 aromatic heterocycles. The first-order valence-corrected chi connectivity index (χ1v) is 5.73. The minimum atomic E-state index is -0.0538. The second-order valence-electron chi connectivity index (χ2n) is 3.82. The fourth-order valence-corrected chi connectivity index (χ4v) is 2.00. The SMILES string of the molecule is C=C(Cl)CN1CCC(C(=O)OCC)CC1. The zero-order valence-electron chi connectivity index (χ0n) is 9.17. The molecular weight excluding hydrogens is 214 g/mol. The Kier molecular flexibility index (Phi) is 5.12. The van der Waals surface area contributed by atoms with E-state index in [1.165, 1.54) is 0 Å². The highest BCUT2D eigenvalue weighted by molar-refractivity contribution is 6.29. The van der Waals surface area contributed by atoms with Gasteiger partial charge in [-0.1, -0.05) is 18.2 Å². The first-order valence-electron chi connectivity index (χ1n) is 5.35. The molecule has 4 heteroatoms. The summed E-state index contributed by atoms with van der Waals surface area (Å²) in [6, 6.07) is 0. The summed E-state index contributed by atoms with van der Waals surface area (Å²) < 4.78 is 5.00. The Morgan fingerprint density at radius 3 is 2.60 bits per heavy atom. The summed E-state index contributed by atoms with van der Waals surface area (Å²) in [5, 5.41) is 0.657. The summed E-state index contributed by atoms with van der Waals surface area (Å²) in [4.78, 5) is 13.7. The van der Waals surface area contributed by atoms with Crippen LogP contribution in [0.4, 0.5) is 0 Å². The second kappa shape index (κ2) is 6.13. The fourth-order valence-electron chi connectivity index (χ4n) is 1.83. The largest absolute Gasteiger partial charge is 0.466 e. The molecular formula is C11H18ClNO2. The number of carbonyl (C=O) groups is 1. The van der Waals surface area contributed by atoms with E-state index in [0.29, 0.717) is 11.6 Å². The molecule has 0 aliphatic carbocycles. The minimum Gasteiger partial charge on any atom is -0.466 e. The molecule has 1 heterocycles. The Hall–Kier alpha value is -0.540. The van der Waals surface area contributed by atoms with E-state index < -0.39 is 0 Å². The lowest BCUT2D eigenvalue weighted by Gasteiger charge is -2.30. The molecule has 86 valence electrons. The van der Waals surface area contributed by atoms with E-state index in [1.54, 1.807) is 0 Å². The van der Waals surface area contributed by atoms with Crippen molar-refractivity contribution in [3.63, 3.8) is 0 Å². The summed E-state index contributed by atoms with van der Waals surface area (Å²) in [7, 11) is 0. The lowest BCUT2D eigenvalue weighted by atomic mass is 9.97. The van der Waals surface area contributed by atoms with Crippen LogP contribution in [0.1, 0.15) is 19.8 Å². The zero-order chi connectivity index (χ0) is 11.3. The smallest absolute Gasteiger partial charge is 0.309 e. The normalized spacial score (nSPS) is 18.8.